The number of hydrogen-bond acceptors (Lipinski definition) is 4. The summed E-state index contributed by atoms with van der Waals surface area (Å²) in [5, 5.41) is 0. The summed E-state index contributed by atoms with van der Waals surface area (Å²) >= 11 is 0. The normalized spacial score (nSPS) is 38.0. The first-order valence-corrected chi connectivity index (χ1v) is 12.1. The van der Waals surface area contributed by atoms with Gasteiger partial charge in [-0.1, -0.05) is 43.2 Å². The van der Waals surface area contributed by atoms with E-state index in [1.165, 1.54) is 44.8 Å². The molecule has 0 bridgehead atoms. The molecular weight excluding hydrogens is 388 g/mol. The van der Waals surface area contributed by atoms with E-state index in [1.54, 1.807) is 0 Å². The van der Waals surface area contributed by atoms with Crippen molar-refractivity contribution >= 4 is 5.97 Å². The van der Waals surface area contributed by atoms with Gasteiger partial charge in [-0.05, 0) is 84.8 Å². The molecule has 1 aromatic carbocycles. The highest BCUT2D eigenvalue weighted by atomic mass is 16.7. The van der Waals surface area contributed by atoms with Crippen LogP contribution in [0.4, 0.5) is 0 Å². The SMILES string of the molecule is COC(=O)[C@H]1C=C[C@H]2C[C@@H]3[C@@H]4C(C=C[C@@H]1[C@@H]42)[C@H]3CCCCCc1ccc2c(c1)OCO2. The number of fused-ring (bicyclic) bond motifs is 1. The van der Waals surface area contributed by atoms with Crippen LogP contribution in [0.1, 0.15) is 37.7 Å². The van der Waals surface area contributed by atoms with Gasteiger partial charge in [-0.25, -0.2) is 0 Å². The van der Waals surface area contributed by atoms with E-state index < -0.39 is 0 Å². The number of carbonyl (C=O) groups is 1. The number of rotatable bonds is 7. The molecule has 0 spiro atoms. The molecule has 4 heteroatoms. The number of methoxy groups -OCH3 is 1. The lowest BCUT2D eigenvalue weighted by Gasteiger charge is -2.54. The predicted octanol–water partition coefficient (Wildman–Crippen LogP) is 5.18. The van der Waals surface area contributed by atoms with Crippen LogP contribution in [-0.4, -0.2) is 19.9 Å². The fraction of sp³-hybridized carbons (Fsp3) is 0.593. The van der Waals surface area contributed by atoms with Crippen LogP contribution in [0.15, 0.2) is 42.5 Å². The monoisotopic (exact) mass is 420 g/mol. The van der Waals surface area contributed by atoms with Gasteiger partial charge in [0.1, 0.15) is 0 Å². The largest absolute Gasteiger partial charge is 0.469 e. The molecule has 6 rings (SSSR count). The lowest BCUT2D eigenvalue weighted by molar-refractivity contribution is -0.146. The van der Waals surface area contributed by atoms with E-state index in [-0.39, 0.29) is 11.9 Å². The van der Waals surface area contributed by atoms with Crippen molar-refractivity contribution in [2.45, 2.75) is 38.5 Å². The highest BCUT2D eigenvalue weighted by Gasteiger charge is 2.62. The Morgan fingerprint density at radius 3 is 2.77 bits per heavy atom. The third-order valence-corrected chi connectivity index (χ3v) is 8.86. The summed E-state index contributed by atoms with van der Waals surface area (Å²) in [4.78, 5) is 12.3. The molecule has 4 nitrogen and oxygen atoms in total. The van der Waals surface area contributed by atoms with E-state index in [4.69, 9.17) is 14.2 Å². The van der Waals surface area contributed by atoms with Gasteiger partial charge in [0.2, 0.25) is 6.79 Å². The Kier molecular flexibility index (Phi) is 4.85. The molecule has 5 aliphatic rings. The van der Waals surface area contributed by atoms with Crippen molar-refractivity contribution in [3.05, 3.63) is 48.1 Å². The highest BCUT2D eigenvalue weighted by Crippen LogP contribution is 2.67. The minimum absolute atomic E-state index is 0.0652. The molecule has 1 heterocycles. The molecule has 1 unspecified atom stereocenters. The zero-order chi connectivity index (χ0) is 20.9. The zero-order valence-corrected chi connectivity index (χ0v) is 18.2. The number of allylic oxidation sites excluding steroid dienone is 3. The molecule has 2 fully saturated rings. The Morgan fingerprint density at radius 2 is 1.87 bits per heavy atom. The first kappa shape index (κ1) is 19.5. The van der Waals surface area contributed by atoms with Crippen molar-refractivity contribution in [2.75, 3.05) is 13.9 Å². The van der Waals surface area contributed by atoms with Gasteiger partial charge in [0, 0.05) is 0 Å². The highest BCUT2D eigenvalue weighted by molar-refractivity contribution is 5.75. The lowest BCUT2D eigenvalue weighted by Crippen LogP contribution is -2.50. The van der Waals surface area contributed by atoms with Crippen LogP contribution < -0.4 is 9.47 Å². The minimum Gasteiger partial charge on any atom is -0.469 e. The van der Waals surface area contributed by atoms with Crippen molar-refractivity contribution < 1.29 is 19.0 Å². The molecule has 2 saturated carbocycles. The number of hydrogen-bond donors (Lipinski definition) is 0. The quantitative estimate of drug-likeness (QED) is 0.346. The molecule has 0 amide bonds. The van der Waals surface area contributed by atoms with Crippen LogP contribution in [0.3, 0.4) is 0 Å². The number of aryl methyl sites for hydroxylation is 1. The second kappa shape index (κ2) is 7.72. The third kappa shape index (κ3) is 3.13. The maximum atomic E-state index is 12.3. The molecule has 164 valence electrons. The molecule has 0 aromatic heterocycles. The van der Waals surface area contributed by atoms with Crippen LogP contribution in [-0.2, 0) is 16.0 Å². The standard InChI is InChI=1S/C27H32O4/c1-29-27(28)21-9-8-17-14-22-18(19-10-11-20(21)25(17)26(19)22)6-4-2-3-5-16-7-12-23-24(13-16)31-15-30-23/h7-13,17-22,25-26H,2-6,14-15H2,1H3/t17-,18+,19?,20-,21-,22-,25-,26-/m0/s1. The average molecular weight is 421 g/mol. The van der Waals surface area contributed by atoms with Crippen LogP contribution in [0.25, 0.3) is 0 Å². The maximum Gasteiger partial charge on any atom is 0.313 e. The van der Waals surface area contributed by atoms with E-state index in [1.807, 2.05) is 6.07 Å². The van der Waals surface area contributed by atoms with Gasteiger partial charge in [0.25, 0.3) is 0 Å². The van der Waals surface area contributed by atoms with Crippen molar-refractivity contribution in [1.29, 1.82) is 0 Å². The Labute approximate surface area is 184 Å². The van der Waals surface area contributed by atoms with Gasteiger partial charge in [-0.2, -0.15) is 0 Å². The van der Waals surface area contributed by atoms with Crippen molar-refractivity contribution in [1.82, 2.24) is 0 Å². The fourth-order valence-corrected chi connectivity index (χ4v) is 7.54. The smallest absolute Gasteiger partial charge is 0.313 e. The second-order valence-corrected chi connectivity index (χ2v) is 10.1. The molecular formula is C27H32O4. The molecule has 1 aromatic rings. The van der Waals surface area contributed by atoms with Gasteiger partial charge in [0.15, 0.2) is 11.5 Å². The van der Waals surface area contributed by atoms with Gasteiger partial charge < -0.3 is 14.2 Å². The first-order chi connectivity index (χ1) is 15.2. The van der Waals surface area contributed by atoms with Crippen molar-refractivity contribution in [3.63, 3.8) is 0 Å². The van der Waals surface area contributed by atoms with Crippen LogP contribution in [0, 0.1) is 47.3 Å². The molecule has 0 radical (unpaired) electrons. The van der Waals surface area contributed by atoms with E-state index in [9.17, 15) is 4.79 Å². The van der Waals surface area contributed by atoms with Crippen LogP contribution >= 0.6 is 0 Å². The van der Waals surface area contributed by atoms with E-state index in [0.29, 0.717) is 24.5 Å². The average Bonchev–Trinajstić information content (AvgIpc) is 3.39. The number of ether oxygens (including phenoxy) is 3. The molecule has 1 aliphatic heterocycles. The topological polar surface area (TPSA) is 44.8 Å². The summed E-state index contributed by atoms with van der Waals surface area (Å²) < 4.78 is 16.0. The Morgan fingerprint density at radius 1 is 1.00 bits per heavy atom. The van der Waals surface area contributed by atoms with Gasteiger partial charge >= 0.3 is 5.97 Å². The third-order valence-electron chi connectivity index (χ3n) is 8.86. The maximum absolute atomic E-state index is 12.3. The van der Waals surface area contributed by atoms with Gasteiger partial charge in [-0.15, -0.1) is 0 Å². The summed E-state index contributed by atoms with van der Waals surface area (Å²) in [5.74, 6) is 6.58. The van der Waals surface area contributed by atoms with E-state index in [2.05, 4.69) is 36.4 Å². The molecule has 8 atom stereocenters. The van der Waals surface area contributed by atoms with E-state index in [0.717, 1.165) is 41.6 Å². The number of unbranched alkanes of at least 4 members (excludes halogenated alkanes) is 2. The number of esters is 1. The zero-order valence-electron chi connectivity index (χ0n) is 18.2. The lowest BCUT2D eigenvalue weighted by atomic mass is 9.50. The number of benzene rings is 1. The second-order valence-electron chi connectivity index (χ2n) is 10.1. The molecule has 0 N–H and O–H groups in total. The van der Waals surface area contributed by atoms with Crippen molar-refractivity contribution in [3.8, 4) is 11.5 Å². The van der Waals surface area contributed by atoms with Crippen molar-refractivity contribution in [2.24, 2.45) is 47.3 Å². The summed E-state index contributed by atoms with van der Waals surface area (Å²) in [6.45, 7) is 0.347. The Hall–Kier alpha value is -2.23. The Balaban J connectivity index is 1.02. The minimum atomic E-state index is -0.0718. The van der Waals surface area contributed by atoms with E-state index >= 15 is 0 Å². The summed E-state index contributed by atoms with van der Waals surface area (Å²) in [5.41, 5.74) is 1.35. The summed E-state index contributed by atoms with van der Waals surface area (Å²) in [7, 11) is 1.51. The van der Waals surface area contributed by atoms with Gasteiger partial charge in [0.05, 0.1) is 13.0 Å². The summed E-state index contributed by atoms with van der Waals surface area (Å²) in [6, 6.07) is 6.34. The molecule has 4 aliphatic carbocycles. The van der Waals surface area contributed by atoms with Gasteiger partial charge in [-0.3, -0.25) is 4.79 Å². The van der Waals surface area contributed by atoms with Crippen LogP contribution in [0.2, 0.25) is 0 Å². The van der Waals surface area contributed by atoms with Crippen LogP contribution in [0.5, 0.6) is 11.5 Å². The number of carbonyl (C=O) groups excluding carboxylic acids is 1. The predicted molar refractivity (Wildman–Crippen MR) is 118 cm³/mol. The Bertz CT molecular complexity index is 918. The molecule has 0 saturated heterocycles. The molecule has 31 heavy (non-hydrogen) atoms. The summed E-state index contributed by atoms with van der Waals surface area (Å²) in [6.07, 6.45) is 17.0. The fourth-order valence-electron chi connectivity index (χ4n) is 7.54. The first-order valence-electron chi connectivity index (χ1n) is 12.1.